The van der Waals surface area contributed by atoms with Gasteiger partial charge in [0.25, 0.3) is 0 Å². The second-order valence-electron chi connectivity index (χ2n) is 6.60. The van der Waals surface area contributed by atoms with Crippen molar-refractivity contribution in [3.05, 3.63) is 0 Å². The van der Waals surface area contributed by atoms with Gasteiger partial charge in [0.15, 0.2) is 0 Å². The average molecular weight is 257 g/mol. The molecule has 4 nitrogen and oxygen atoms in total. The molecule has 0 atom stereocenters. The summed E-state index contributed by atoms with van der Waals surface area (Å²) < 4.78 is 5.33. The van der Waals surface area contributed by atoms with E-state index in [9.17, 15) is 4.79 Å². The molecule has 18 heavy (non-hydrogen) atoms. The molecule has 106 valence electrons. The molecule has 0 aromatic carbocycles. The molecule has 1 aliphatic rings. The third kappa shape index (κ3) is 6.36. The lowest BCUT2D eigenvalue weighted by molar-refractivity contribution is -0.245. The number of piperidine rings is 1. The third-order valence-electron chi connectivity index (χ3n) is 2.68. The summed E-state index contributed by atoms with van der Waals surface area (Å²) in [6.45, 7) is 11.4. The van der Waals surface area contributed by atoms with Gasteiger partial charge in [-0.2, -0.15) is 5.06 Å². The lowest BCUT2D eigenvalue weighted by atomic mass is 10.1. The molecule has 0 saturated carbocycles. The van der Waals surface area contributed by atoms with Gasteiger partial charge in [-0.1, -0.05) is 6.42 Å². The molecule has 1 rings (SSSR count). The number of rotatable bonds is 4. The lowest BCUT2D eigenvalue weighted by Gasteiger charge is -2.34. The molecule has 0 bridgehead atoms. The van der Waals surface area contributed by atoms with Crippen LogP contribution in [0, 0.1) is 0 Å². The molecule has 0 aromatic heterocycles. The molecule has 1 aliphatic heterocycles. The largest absolute Gasteiger partial charge is 0.460 e. The van der Waals surface area contributed by atoms with E-state index >= 15 is 0 Å². The van der Waals surface area contributed by atoms with Crippen molar-refractivity contribution in [3.8, 4) is 0 Å². The maximum absolute atomic E-state index is 11.8. The Kier molecular flexibility index (Phi) is 5.17. The van der Waals surface area contributed by atoms with Gasteiger partial charge < -0.3 is 4.74 Å². The monoisotopic (exact) mass is 257 g/mol. The van der Waals surface area contributed by atoms with Crippen LogP contribution in [0.15, 0.2) is 0 Å². The third-order valence-corrected chi connectivity index (χ3v) is 2.68. The van der Waals surface area contributed by atoms with Gasteiger partial charge in [-0.05, 0) is 47.5 Å². The summed E-state index contributed by atoms with van der Waals surface area (Å²) in [5.41, 5.74) is -0.933. The molecule has 1 saturated heterocycles. The lowest BCUT2D eigenvalue weighted by Crippen LogP contribution is -2.41. The summed E-state index contributed by atoms with van der Waals surface area (Å²) in [4.78, 5) is 17.7. The van der Waals surface area contributed by atoms with Crippen LogP contribution in [0.4, 0.5) is 0 Å². The molecular weight excluding hydrogens is 230 g/mol. The first-order chi connectivity index (χ1) is 8.18. The van der Waals surface area contributed by atoms with Gasteiger partial charge in [0.05, 0.1) is 12.0 Å². The first-order valence-electron chi connectivity index (χ1n) is 6.84. The molecule has 0 unspecified atom stereocenters. The molecule has 1 heterocycles. The minimum absolute atomic E-state index is 0.204. The van der Waals surface area contributed by atoms with Crippen molar-refractivity contribution in [2.75, 3.05) is 13.1 Å². The fraction of sp³-hybridized carbons (Fsp3) is 0.929. The molecule has 0 N–H and O–H groups in total. The van der Waals surface area contributed by atoms with E-state index < -0.39 is 11.2 Å². The zero-order valence-electron chi connectivity index (χ0n) is 12.4. The van der Waals surface area contributed by atoms with Gasteiger partial charge in [-0.15, -0.1) is 0 Å². The predicted octanol–water partition coefficient (Wildman–Crippen LogP) is 2.91. The van der Waals surface area contributed by atoms with Crippen LogP contribution in [0.1, 0.15) is 60.3 Å². The molecule has 0 spiro atoms. The highest BCUT2D eigenvalue weighted by atomic mass is 16.7. The van der Waals surface area contributed by atoms with E-state index in [0.29, 0.717) is 0 Å². The summed E-state index contributed by atoms with van der Waals surface area (Å²) in [7, 11) is 0. The Morgan fingerprint density at radius 2 is 1.61 bits per heavy atom. The van der Waals surface area contributed by atoms with Gasteiger partial charge in [0.1, 0.15) is 5.60 Å². The summed E-state index contributed by atoms with van der Waals surface area (Å²) in [6, 6.07) is 0. The average Bonchev–Trinajstić information content (AvgIpc) is 2.13. The Morgan fingerprint density at radius 3 is 2.11 bits per heavy atom. The Balaban J connectivity index is 2.40. The fourth-order valence-corrected chi connectivity index (χ4v) is 2.06. The molecule has 0 aliphatic carbocycles. The number of nitrogens with zero attached hydrogens (tertiary/aromatic N) is 1. The van der Waals surface area contributed by atoms with Crippen molar-refractivity contribution in [1.82, 2.24) is 5.06 Å². The summed E-state index contributed by atoms with van der Waals surface area (Å²) >= 11 is 0. The van der Waals surface area contributed by atoms with E-state index in [2.05, 4.69) is 0 Å². The predicted molar refractivity (Wildman–Crippen MR) is 71.1 cm³/mol. The van der Waals surface area contributed by atoms with E-state index in [1.807, 2.05) is 39.7 Å². The number of carbonyl (C=O) groups excluding carboxylic acids is 1. The summed E-state index contributed by atoms with van der Waals surface area (Å²) in [6.07, 6.45) is 3.89. The number of hydrogen-bond acceptors (Lipinski definition) is 4. The minimum Gasteiger partial charge on any atom is -0.460 e. The Hall–Kier alpha value is -0.610. The second kappa shape index (κ2) is 6.02. The molecule has 0 aromatic rings. The van der Waals surface area contributed by atoms with Gasteiger partial charge in [-0.3, -0.25) is 9.63 Å². The van der Waals surface area contributed by atoms with Crippen LogP contribution in [0.3, 0.4) is 0 Å². The van der Waals surface area contributed by atoms with Crippen LogP contribution in [0.25, 0.3) is 0 Å². The van der Waals surface area contributed by atoms with Gasteiger partial charge >= 0.3 is 5.97 Å². The first kappa shape index (κ1) is 15.4. The van der Waals surface area contributed by atoms with Crippen LogP contribution in [-0.2, 0) is 14.4 Å². The van der Waals surface area contributed by atoms with E-state index in [1.54, 1.807) is 0 Å². The van der Waals surface area contributed by atoms with Crippen molar-refractivity contribution in [1.29, 1.82) is 0 Å². The van der Waals surface area contributed by atoms with Crippen molar-refractivity contribution < 1.29 is 14.4 Å². The van der Waals surface area contributed by atoms with Crippen molar-refractivity contribution in [2.24, 2.45) is 0 Å². The van der Waals surface area contributed by atoms with Gasteiger partial charge in [-0.25, -0.2) is 0 Å². The van der Waals surface area contributed by atoms with Crippen LogP contribution in [0.5, 0.6) is 0 Å². The highest BCUT2D eigenvalue weighted by molar-refractivity contribution is 5.71. The highest BCUT2D eigenvalue weighted by Gasteiger charge is 2.29. The smallest absolute Gasteiger partial charge is 0.309 e. The normalized spacial score (nSPS) is 18.7. The van der Waals surface area contributed by atoms with Crippen LogP contribution < -0.4 is 0 Å². The number of ether oxygens (including phenoxy) is 1. The number of esters is 1. The minimum atomic E-state index is -0.500. The van der Waals surface area contributed by atoms with Gasteiger partial charge in [0, 0.05) is 13.1 Å². The fourth-order valence-electron chi connectivity index (χ4n) is 2.06. The van der Waals surface area contributed by atoms with E-state index in [0.717, 1.165) is 13.1 Å². The quantitative estimate of drug-likeness (QED) is 0.726. The first-order valence-corrected chi connectivity index (χ1v) is 6.84. The van der Waals surface area contributed by atoms with Crippen molar-refractivity contribution >= 4 is 5.97 Å². The maximum atomic E-state index is 11.8. The second-order valence-corrected chi connectivity index (χ2v) is 6.60. The standard InChI is InChI=1S/C14H27NO3/c1-13(2,3)17-12(16)11-14(4,5)18-15-9-7-6-8-10-15/h6-11H2,1-5H3. The van der Waals surface area contributed by atoms with Crippen LogP contribution in [0.2, 0.25) is 0 Å². The Labute approximate surface area is 111 Å². The Morgan fingerprint density at radius 1 is 1.06 bits per heavy atom. The van der Waals surface area contributed by atoms with E-state index in [1.165, 1.54) is 19.3 Å². The number of carbonyl (C=O) groups is 1. The molecule has 0 amide bonds. The summed E-state index contributed by atoms with van der Waals surface area (Å²) in [5.74, 6) is -0.204. The molecular formula is C14H27NO3. The van der Waals surface area contributed by atoms with Gasteiger partial charge in [0.2, 0.25) is 0 Å². The highest BCUT2D eigenvalue weighted by Crippen LogP contribution is 2.21. The van der Waals surface area contributed by atoms with Crippen LogP contribution >= 0.6 is 0 Å². The summed E-state index contributed by atoms with van der Waals surface area (Å²) in [5, 5.41) is 1.98. The van der Waals surface area contributed by atoms with E-state index in [4.69, 9.17) is 9.57 Å². The molecule has 4 heteroatoms. The topological polar surface area (TPSA) is 38.8 Å². The van der Waals surface area contributed by atoms with Crippen LogP contribution in [-0.4, -0.2) is 35.3 Å². The number of hydroxylamine groups is 2. The zero-order valence-corrected chi connectivity index (χ0v) is 12.4. The van der Waals surface area contributed by atoms with Crippen molar-refractivity contribution in [3.63, 3.8) is 0 Å². The Bertz CT molecular complexity index is 275. The van der Waals surface area contributed by atoms with Crippen molar-refractivity contribution in [2.45, 2.75) is 71.5 Å². The zero-order chi connectivity index (χ0) is 13.8. The van der Waals surface area contributed by atoms with E-state index in [-0.39, 0.29) is 12.4 Å². The molecule has 0 radical (unpaired) electrons. The molecule has 1 fully saturated rings. The SMILES string of the molecule is CC(C)(C)OC(=O)CC(C)(C)ON1CCCCC1. The number of hydrogen-bond donors (Lipinski definition) is 0. The maximum Gasteiger partial charge on any atom is 0.309 e.